The first-order chi connectivity index (χ1) is 10.9. The number of nitrogens with one attached hydrogen (secondary N) is 1. The van der Waals surface area contributed by atoms with Crippen LogP contribution in [0.2, 0.25) is 0 Å². The number of hydrogen-bond acceptors (Lipinski definition) is 5. The first-order valence-corrected chi connectivity index (χ1v) is 8.04. The Balaban J connectivity index is 1.96. The SMILES string of the molecule is CCc1cc(C(=O)NC[C@H](O)c2ccc([N+](=O)[O-])cc2)sc1C. The van der Waals surface area contributed by atoms with Crippen molar-refractivity contribution >= 4 is 22.9 Å². The summed E-state index contributed by atoms with van der Waals surface area (Å²) in [6.45, 7) is 4.07. The Bertz CT molecular complexity index is 709. The van der Waals surface area contributed by atoms with Crippen molar-refractivity contribution in [2.24, 2.45) is 0 Å². The topological polar surface area (TPSA) is 92.5 Å². The van der Waals surface area contributed by atoms with Crippen molar-refractivity contribution < 1.29 is 14.8 Å². The van der Waals surface area contributed by atoms with Crippen molar-refractivity contribution in [1.82, 2.24) is 5.32 Å². The van der Waals surface area contributed by atoms with Crippen LogP contribution in [0.15, 0.2) is 30.3 Å². The van der Waals surface area contributed by atoms with Crippen LogP contribution >= 0.6 is 11.3 Å². The van der Waals surface area contributed by atoms with E-state index >= 15 is 0 Å². The number of nitro benzene ring substituents is 1. The summed E-state index contributed by atoms with van der Waals surface area (Å²) in [5, 5.41) is 23.4. The second kappa shape index (κ2) is 7.34. The normalized spacial score (nSPS) is 12.0. The second-order valence-corrected chi connectivity index (χ2v) is 6.38. The van der Waals surface area contributed by atoms with Gasteiger partial charge in [-0.15, -0.1) is 11.3 Å². The highest BCUT2D eigenvalue weighted by molar-refractivity contribution is 7.14. The standard InChI is InChI=1S/C16H18N2O4S/c1-3-11-8-15(23-10(11)2)16(20)17-9-14(19)12-4-6-13(7-5-12)18(21)22/h4-8,14,19H,3,9H2,1-2H3,(H,17,20)/t14-/m0/s1. The average Bonchev–Trinajstić information content (AvgIpc) is 2.93. The molecule has 122 valence electrons. The van der Waals surface area contributed by atoms with E-state index in [0.717, 1.165) is 16.9 Å². The van der Waals surface area contributed by atoms with Crippen molar-refractivity contribution in [2.75, 3.05) is 6.54 Å². The number of amides is 1. The van der Waals surface area contributed by atoms with Gasteiger partial charge in [-0.25, -0.2) is 0 Å². The molecule has 0 spiro atoms. The number of benzene rings is 1. The second-order valence-electron chi connectivity index (χ2n) is 5.12. The van der Waals surface area contributed by atoms with Gasteiger partial charge in [0.15, 0.2) is 0 Å². The molecule has 0 aliphatic heterocycles. The molecule has 0 unspecified atom stereocenters. The number of nitrogens with zero attached hydrogens (tertiary/aromatic N) is 1. The number of aryl methyl sites for hydroxylation is 2. The number of rotatable bonds is 6. The number of aliphatic hydroxyl groups is 1. The van der Waals surface area contributed by atoms with Gasteiger partial charge >= 0.3 is 0 Å². The Hall–Kier alpha value is -2.25. The van der Waals surface area contributed by atoms with Gasteiger partial charge in [-0.2, -0.15) is 0 Å². The van der Waals surface area contributed by atoms with E-state index in [1.807, 2.05) is 19.9 Å². The molecule has 0 aliphatic carbocycles. The highest BCUT2D eigenvalue weighted by Crippen LogP contribution is 2.22. The number of carbonyl (C=O) groups excluding carboxylic acids is 1. The number of thiophene rings is 1. The first kappa shape index (κ1) is 17.1. The third-order valence-electron chi connectivity index (χ3n) is 3.57. The molecule has 0 aliphatic rings. The summed E-state index contributed by atoms with van der Waals surface area (Å²) in [4.78, 5) is 23.9. The molecule has 0 saturated heterocycles. The molecule has 1 atom stereocenters. The van der Waals surface area contributed by atoms with Crippen LogP contribution in [-0.4, -0.2) is 22.5 Å². The minimum Gasteiger partial charge on any atom is -0.387 e. The van der Waals surface area contributed by atoms with Crippen LogP contribution in [0, 0.1) is 17.0 Å². The molecule has 6 nitrogen and oxygen atoms in total. The summed E-state index contributed by atoms with van der Waals surface area (Å²) in [6.07, 6.45) is -0.0347. The Labute approximate surface area is 137 Å². The van der Waals surface area contributed by atoms with Gasteiger partial charge in [0.25, 0.3) is 11.6 Å². The van der Waals surface area contributed by atoms with Crippen molar-refractivity contribution in [3.63, 3.8) is 0 Å². The molecule has 7 heteroatoms. The van der Waals surface area contributed by atoms with Crippen LogP contribution in [0.25, 0.3) is 0 Å². The molecule has 1 aromatic carbocycles. The number of non-ortho nitro benzene ring substituents is 1. The Morgan fingerprint density at radius 2 is 2.04 bits per heavy atom. The first-order valence-electron chi connectivity index (χ1n) is 7.22. The fourth-order valence-electron chi connectivity index (χ4n) is 2.20. The quantitative estimate of drug-likeness (QED) is 0.627. The number of hydrogen-bond donors (Lipinski definition) is 2. The monoisotopic (exact) mass is 334 g/mol. The molecule has 1 heterocycles. The van der Waals surface area contributed by atoms with Crippen LogP contribution in [0.4, 0.5) is 5.69 Å². The lowest BCUT2D eigenvalue weighted by atomic mass is 10.1. The predicted molar refractivity (Wildman–Crippen MR) is 88.8 cm³/mol. The average molecular weight is 334 g/mol. The highest BCUT2D eigenvalue weighted by atomic mass is 32.1. The molecular formula is C16H18N2O4S. The van der Waals surface area contributed by atoms with E-state index in [0.29, 0.717) is 10.4 Å². The predicted octanol–water partition coefficient (Wildman–Crippen LogP) is 2.99. The van der Waals surface area contributed by atoms with E-state index in [9.17, 15) is 20.0 Å². The summed E-state index contributed by atoms with van der Waals surface area (Å²) in [5.74, 6) is -0.223. The summed E-state index contributed by atoms with van der Waals surface area (Å²) < 4.78 is 0. The molecule has 0 fully saturated rings. The number of nitro groups is 1. The molecule has 0 radical (unpaired) electrons. The van der Waals surface area contributed by atoms with Crippen molar-refractivity contribution in [3.8, 4) is 0 Å². The lowest BCUT2D eigenvalue weighted by Gasteiger charge is -2.11. The fraction of sp³-hybridized carbons (Fsp3) is 0.312. The minimum absolute atomic E-state index is 0.0360. The van der Waals surface area contributed by atoms with Crippen LogP contribution < -0.4 is 5.32 Å². The molecule has 2 N–H and O–H groups in total. The number of aliphatic hydroxyl groups excluding tert-OH is 1. The molecule has 2 aromatic rings. The van der Waals surface area contributed by atoms with Crippen LogP contribution in [0.5, 0.6) is 0 Å². The van der Waals surface area contributed by atoms with E-state index in [-0.39, 0.29) is 18.1 Å². The lowest BCUT2D eigenvalue weighted by molar-refractivity contribution is -0.384. The maximum absolute atomic E-state index is 12.1. The van der Waals surface area contributed by atoms with Crippen molar-refractivity contribution in [2.45, 2.75) is 26.4 Å². The molecule has 23 heavy (non-hydrogen) atoms. The largest absolute Gasteiger partial charge is 0.387 e. The maximum atomic E-state index is 12.1. The summed E-state index contributed by atoms with van der Waals surface area (Å²) in [5.41, 5.74) is 1.63. The third-order valence-corrected chi connectivity index (χ3v) is 4.66. The minimum atomic E-state index is -0.911. The van der Waals surface area contributed by atoms with Crippen molar-refractivity contribution in [3.05, 3.63) is 61.3 Å². The van der Waals surface area contributed by atoms with Gasteiger partial charge in [-0.1, -0.05) is 6.92 Å². The van der Waals surface area contributed by atoms with Gasteiger partial charge in [-0.05, 0) is 42.7 Å². The third kappa shape index (κ3) is 4.14. The van der Waals surface area contributed by atoms with Gasteiger partial charge in [0.05, 0.1) is 15.9 Å². The van der Waals surface area contributed by atoms with Gasteiger partial charge in [0, 0.05) is 23.6 Å². The van der Waals surface area contributed by atoms with E-state index in [2.05, 4.69) is 5.32 Å². The Morgan fingerprint density at radius 1 is 1.39 bits per heavy atom. The fourth-order valence-corrected chi connectivity index (χ4v) is 3.23. The van der Waals surface area contributed by atoms with Crippen LogP contribution in [0.1, 0.15) is 38.7 Å². The Morgan fingerprint density at radius 3 is 2.57 bits per heavy atom. The Kier molecular flexibility index (Phi) is 5.46. The van der Waals surface area contributed by atoms with Gasteiger partial charge in [-0.3, -0.25) is 14.9 Å². The zero-order valence-corrected chi connectivity index (χ0v) is 13.7. The molecule has 0 bridgehead atoms. The summed E-state index contributed by atoms with van der Waals surface area (Å²) in [6, 6.07) is 7.50. The van der Waals surface area contributed by atoms with Crippen LogP contribution in [-0.2, 0) is 6.42 Å². The molecule has 0 saturated carbocycles. The zero-order chi connectivity index (χ0) is 17.0. The lowest BCUT2D eigenvalue weighted by Crippen LogP contribution is -2.27. The summed E-state index contributed by atoms with van der Waals surface area (Å²) >= 11 is 1.43. The van der Waals surface area contributed by atoms with E-state index in [1.165, 1.54) is 35.6 Å². The van der Waals surface area contributed by atoms with Gasteiger partial charge in [0.1, 0.15) is 0 Å². The van der Waals surface area contributed by atoms with Gasteiger partial charge in [0.2, 0.25) is 0 Å². The number of carbonyl (C=O) groups is 1. The van der Waals surface area contributed by atoms with E-state index in [4.69, 9.17) is 0 Å². The molecule has 1 amide bonds. The molecule has 2 rings (SSSR count). The zero-order valence-electron chi connectivity index (χ0n) is 12.9. The smallest absolute Gasteiger partial charge is 0.269 e. The van der Waals surface area contributed by atoms with E-state index < -0.39 is 11.0 Å². The highest BCUT2D eigenvalue weighted by Gasteiger charge is 2.15. The molecular weight excluding hydrogens is 316 g/mol. The molecule has 1 aromatic heterocycles. The van der Waals surface area contributed by atoms with Crippen LogP contribution in [0.3, 0.4) is 0 Å². The van der Waals surface area contributed by atoms with E-state index in [1.54, 1.807) is 0 Å². The summed E-state index contributed by atoms with van der Waals surface area (Å²) in [7, 11) is 0. The maximum Gasteiger partial charge on any atom is 0.269 e. The van der Waals surface area contributed by atoms with Gasteiger partial charge < -0.3 is 10.4 Å². The van der Waals surface area contributed by atoms with Crippen molar-refractivity contribution in [1.29, 1.82) is 0 Å².